The highest BCUT2D eigenvalue weighted by molar-refractivity contribution is 7.99. The predicted octanol–water partition coefficient (Wildman–Crippen LogP) is 4.05. The molecule has 1 aromatic rings. The van der Waals surface area contributed by atoms with Gasteiger partial charge in [-0.25, -0.2) is 0 Å². The summed E-state index contributed by atoms with van der Waals surface area (Å²) in [7, 11) is 3.82. The molecule has 1 N–H and O–H groups in total. The molecule has 2 rings (SSSR count). The maximum absolute atomic E-state index is 5.34. The van der Waals surface area contributed by atoms with Crippen molar-refractivity contribution in [1.29, 1.82) is 0 Å². The van der Waals surface area contributed by atoms with Crippen molar-refractivity contribution in [3.05, 3.63) is 29.3 Å². The van der Waals surface area contributed by atoms with Crippen molar-refractivity contribution in [1.82, 2.24) is 5.32 Å². The number of methoxy groups -OCH3 is 1. The Bertz CT molecular complexity index is 433. The van der Waals surface area contributed by atoms with Crippen LogP contribution in [0.2, 0.25) is 0 Å². The lowest BCUT2D eigenvalue weighted by molar-refractivity contribution is 0.412. The van der Waals surface area contributed by atoms with Crippen molar-refractivity contribution < 1.29 is 4.74 Å². The number of nitrogens with one attached hydrogen (secondary N) is 1. The van der Waals surface area contributed by atoms with Gasteiger partial charge >= 0.3 is 0 Å². The molecule has 2 atom stereocenters. The average molecular weight is 293 g/mol. The van der Waals surface area contributed by atoms with Crippen molar-refractivity contribution in [2.45, 2.75) is 44.4 Å². The van der Waals surface area contributed by atoms with Gasteiger partial charge in [-0.3, -0.25) is 0 Å². The Balaban J connectivity index is 2.07. The molecule has 0 spiro atoms. The molecule has 0 aromatic heterocycles. The molecular weight excluding hydrogens is 266 g/mol. The Morgan fingerprint density at radius 1 is 1.40 bits per heavy atom. The summed E-state index contributed by atoms with van der Waals surface area (Å²) in [5.41, 5.74) is 2.91. The summed E-state index contributed by atoms with van der Waals surface area (Å²) in [6.07, 6.45) is 3.74. The van der Waals surface area contributed by atoms with Gasteiger partial charge in [0.25, 0.3) is 0 Å². The third-order valence-electron chi connectivity index (χ3n) is 4.09. The Morgan fingerprint density at radius 3 is 2.85 bits per heavy atom. The van der Waals surface area contributed by atoms with Crippen LogP contribution >= 0.6 is 11.8 Å². The Kier molecular flexibility index (Phi) is 5.79. The summed E-state index contributed by atoms with van der Waals surface area (Å²) in [6.45, 7) is 4.61. The fraction of sp³-hybridized carbons (Fsp3) is 0.647. The standard InChI is InChI=1S/C17H27NOS/c1-12(2)9-10-20-16-8-5-13-11-14(19-4)6-7-15(13)17(16)18-3/h6-7,11-12,16-18H,5,8-10H2,1-4H3. The molecule has 0 heterocycles. The van der Waals surface area contributed by atoms with E-state index in [1.165, 1.54) is 36.1 Å². The average Bonchev–Trinajstić information content (AvgIpc) is 2.45. The number of aryl methyl sites for hydroxylation is 1. The van der Waals surface area contributed by atoms with Crippen LogP contribution in [0.1, 0.15) is 43.9 Å². The van der Waals surface area contributed by atoms with Crippen LogP contribution in [0.3, 0.4) is 0 Å². The number of fused-ring (bicyclic) bond motifs is 1. The molecule has 2 nitrogen and oxygen atoms in total. The highest BCUT2D eigenvalue weighted by atomic mass is 32.2. The van der Waals surface area contributed by atoms with Crippen LogP contribution < -0.4 is 10.1 Å². The zero-order valence-electron chi connectivity index (χ0n) is 13.1. The lowest BCUT2D eigenvalue weighted by Gasteiger charge is -2.33. The number of benzene rings is 1. The second-order valence-corrected chi connectivity index (χ2v) is 7.31. The molecule has 0 radical (unpaired) electrons. The van der Waals surface area contributed by atoms with Gasteiger partial charge in [-0.2, -0.15) is 11.8 Å². The van der Waals surface area contributed by atoms with Crippen LogP contribution in [0.25, 0.3) is 0 Å². The second-order valence-electron chi connectivity index (χ2n) is 5.96. The van der Waals surface area contributed by atoms with Crippen molar-refractivity contribution in [2.24, 2.45) is 5.92 Å². The Labute approximate surface area is 127 Å². The van der Waals surface area contributed by atoms with Crippen molar-refractivity contribution in [2.75, 3.05) is 19.9 Å². The van der Waals surface area contributed by atoms with Crippen LogP contribution in [-0.2, 0) is 6.42 Å². The molecule has 1 aromatic carbocycles. The van der Waals surface area contributed by atoms with Gasteiger partial charge in [-0.1, -0.05) is 19.9 Å². The van der Waals surface area contributed by atoms with Gasteiger partial charge in [-0.05, 0) is 61.2 Å². The van der Waals surface area contributed by atoms with E-state index < -0.39 is 0 Å². The van der Waals surface area contributed by atoms with Gasteiger partial charge in [-0.15, -0.1) is 0 Å². The van der Waals surface area contributed by atoms with E-state index in [0.29, 0.717) is 11.3 Å². The van der Waals surface area contributed by atoms with Crippen LogP contribution in [-0.4, -0.2) is 25.2 Å². The first kappa shape index (κ1) is 15.7. The maximum Gasteiger partial charge on any atom is 0.119 e. The lowest BCUT2D eigenvalue weighted by Crippen LogP contribution is -2.32. The number of ether oxygens (including phenoxy) is 1. The molecule has 0 saturated carbocycles. The van der Waals surface area contributed by atoms with E-state index in [9.17, 15) is 0 Å². The largest absolute Gasteiger partial charge is 0.497 e. The summed E-state index contributed by atoms with van der Waals surface area (Å²) < 4.78 is 5.34. The molecule has 1 aliphatic carbocycles. The summed E-state index contributed by atoms with van der Waals surface area (Å²) in [6, 6.07) is 7.01. The molecule has 2 unspecified atom stereocenters. The summed E-state index contributed by atoms with van der Waals surface area (Å²) in [4.78, 5) is 0. The van der Waals surface area contributed by atoms with Gasteiger partial charge in [0.1, 0.15) is 5.75 Å². The maximum atomic E-state index is 5.34. The third-order valence-corrected chi connectivity index (χ3v) is 5.50. The minimum absolute atomic E-state index is 0.474. The van der Waals surface area contributed by atoms with Crippen LogP contribution in [0.4, 0.5) is 0 Å². The summed E-state index contributed by atoms with van der Waals surface area (Å²) >= 11 is 2.14. The van der Waals surface area contributed by atoms with Crippen molar-refractivity contribution in [3.8, 4) is 5.75 Å². The normalized spacial score (nSPS) is 21.9. The minimum Gasteiger partial charge on any atom is -0.497 e. The van der Waals surface area contributed by atoms with E-state index in [0.717, 1.165) is 11.7 Å². The Hall–Kier alpha value is -0.670. The van der Waals surface area contributed by atoms with Crippen LogP contribution in [0.5, 0.6) is 5.75 Å². The Morgan fingerprint density at radius 2 is 2.20 bits per heavy atom. The molecule has 0 amide bonds. The van der Waals surface area contributed by atoms with E-state index in [1.807, 2.05) is 0 Å². The molecular formula is C17H27NOS. The third kappa shape index (κ3) is 3.70. The van der Waals surface area contributed by atoms with E-state index in [2.05, 4.69) is 56.2 Å². The number of hydrogen-bond acceptors (Lipinski definition) is 3. The number of thioether (sulfide) groups is 1. The number of rotatable bonds is 6. The molecule has 0 fully saturated rings. The van der Waals surface area contributed by atoms with Gasteiger partial charge in [0.05, 0.1) is 7.11 Å². The molecule has 20 heavy (non-hydrogen) atoms. The molecule has 112 valence electrons. The van der Waals surface area contributed by atoms with Gasteiger partial charge in [0.15, 0.2) is 0 Å². The summed E-state index contributed by atoms with van der Waals surface area (Å²) in [5.74, 6) is 3.05. The first-order valence-corrected chi connectivity index (χ1v) is 8.66. The van der Waals surface area contributed by atoms with E-state index in [4.69, 9.17) is 4.74 Å². The fourth-order valence-corrected chi connectivity index (χ4v) is 4.54. The van der Waals surface area contributed by atoms with Gasteiger partial charge in [0.2, 0.25) is 0 Å². The van der Waals surface area contributed by atoms with E-state index in [1.54, 1.807) is 7.11 Å². The molecule has 0 saturated heterocycles. The van der Waals surface area contributed by atoms with Crippen molar-refractivity contribution >= 4 is 11.8 Å². The van der Waals surface area contributed by atoms with Crippen LogP contribution in [0, 0.1) is 5.92 Å². The van der Waals surface area contributed by atoms with E-state index in [-0.39, 0.29) is 0 Å². The molecule has 0 bridgehead atoms. The topological polar surface area (TPSA) is 21.3 Å². The molecule has 0 aliphatic heterocycles. The predicted molar refractivity (Wildman–Crippen MR) is 88.8 cm³/mol. The second kappa shape index (κ2) is 7.37. The smallest absolute Gasteiger partial charge is 0.119 e. The monoisotopic (exact) mass is 293 g/mol. The first-order chi connectivity index (χ1) is 9.65. The molecule has 1 aliphatic rings. The van der Waals surface area contributed by atoms with E-state index >= 15 is 0 Å². The zero-order chi connectivity index (χ0) is 14.5. The molecule has 3 heteroatoms. The summed E-state index contributed by atoms with van der Waals surface area (Å²) in [5, 5.41) is 4.22. The number of hydrogen-bond donors (Lipinski definition) is 1. The van der Waals surface area contributed by atoms with Gasteiger partial charge < -0.3 is 10.1 Å². The van der Waals surface area contributed by atoms with Crippen LogP contribution in [0.15, 0.2) is 18.2 Å². The highest BCUT2D eigenvalue weighted by Gasteiger charge is 2.28. The van der Waals surface area contributed by atoms with Crippen molar-refractivity contribution in [3.63, 3.8) is 0 Å². The fourth-order valence-electron chi connectivity index (χ4n) is 2.87. The SMILES string of the molecule is CNC1c2ccc(OC)cc2CCC1SCCC(C)C. The quantitative estimate of drug-likeness (QED) is 0.855. The lowest BCUT2D eigenvalue weighted by atomic mass is 9.87. The van der Waals surface area contributed by atoms with Gasteiger partial charge in [0, 0.05) is 11.3 Å². The zero-order valence-corrected chi connectivity index (χ0v) is 13.9. The minimum atomic E-state index is 0.474. The highest BCUT2D eigenvalue weighted by Crippen LogP contribution is 2.38. The first-order valence-electron chi connectivity index (χ1n) is 7.61.